The number of nitrogens with one attached hydrogen (secondary N) is 6. The average Bonchev–Trinajstić information content (AvgIpc) is 3.66. The number of alkyl carbamates (subject to hydrolysis) is 1. The molecule has 5 aliphatic rings. The number of phenolic OH excluding ortho intramolecular Hbond substituents is 1. The topological polar surface area (TPSA) is 259 Å². The highest BCUT2D eigenvalue weighted by Crippen LogP contribution is 2.45. The number of unbranched alkanes of at least 4 members (excludes halogenated alkanes) is 3. The Morgan fingerprint density at radius 3 is 2.47 bits per heavy atom. The number of rotatable bonds is 12. The zero-order valence-electron chi connectivity index (χ0n) is 30.2. The number of hydrogen-bond acceptors (Lipinski definition) is 12. The first-order valence-corrected chi connectivity index (χ1v) is 18.1. The van der Waals surface area contributed by atoms with E-state index >= 15 is 0 Å². The summed E-state index contributed by atoms with van der Waals surface area (Å²) in [5.41, 5.74) is -2.91. The van der Waals surface area contributed by atoms with Crippen LogP contribution < -0.4 is 32.0 Å². The van der Waals surface area contributed by atoms with Crippen molar-refractivity contribution in [2.24, 2.45) is 0 Å². The van der Waals surface area contributed by atoms with Gasteiger partial charge < -0.3 is 61.1 Å². The van der Waals surface area contributed by atoms with Crippen molar-refractivity contribution in [1.29, 1.82) is 5.41 Å². The fourth-order valence-corrected chi connectivity index (χ4v) is 7.81. The second kappa shape index (κ2) is 14.9. The molecule has 17 nitrogen and oxygen atoms in total. The monoisotopic (exact) mass is 791 g/mol. The molecule has 0 radical (unpaired) electrons. The Morgan fingerprint density at radius 2 is 1.74 bits per heavy atom. The van der Waals surface area contributed by atoms with Crippen molar-refractivity contribution in [3.8, 4) is 28.2 Å². The Bertz CT molecular complexity index is 2350. The third-order valence-electron chi connectivity index (χ3n) is 10.5. The van der Waals surface area contributed by atoms with E-state index in [0.29, 0.717) is 38.0 Å². The van der Waals surface area contributed by atoms with Gasteiger partial charge in [-0.2, -0.15) is 0 Å². The van der Waals surface area contributed by atoms with Gasteiger partial charge in [0.25, 0.3) is 5.91 Å². The number of hydrogen-bond donors (Lipinski definition) is 10. The van der Waals surface area contributed by atoms with Crippen LogP contribution in [0.25, 0.3) is 33.4 Å². The lowest BCUT2D eigenvalue weighted by Crippen LogP contribution is -2.80. The minimum absolute atomic E-state index is 0.00300. The van der Waals surface area contributed by atoms with Gasteiger partial charge in [-0.3, -0.25) is 15.0 Å². The number of carbonyl (C=O) groups is 3. The highest BCUT2D eigenvalue weighted by molar-refractivity contribution is 6.09. The maximum Gasteiger partial charge on any atom is 0.407 e. The van der Waals surface area contributed by atoms with Crippen LogP contribution in [-0.4, -0.2) is 99.0 Å². The van der Waals surface area contributed by atoms with Gasteiger partial charge in [-0.25, -0.2) is 18.4 Å². The van der Waals surface area contributed by atoms with Crippen LogP contribution in [0, 0.1) is 17.0 Å². The number of aromatic hydroxyl groups is 1. The molecule has 3 saturated heterocycles. The van der Waals surface area contributed by atoms with Crippen molar-refractivity contribution < 1.29 is 52.7 Å². The van der Waals surface area contributed by atoms with Crippen molar-refractivity contribution in [2.75, 3.05) is 26.2 Å². The van der Waals surface area contributed by atoms with E-state index in [0.717, 1.165) is 30.3 Å². The second-order valence-electron chi connectivity index (χ2n) is 14.1. The standard InChI is InChI=1S/C38H39F2N7O10/c1-18-44-32-26(45-35(41)47-11-8-37(54,55)38(32,47)46-18)17-56-36(53)43-10-5-3-2-4-9-42-33(50)19-6-7-20(21(12-19)34(51)52)31-22-13-24(39)27(48)15-29(22)57-30-16-28(49)25(40)14-23(30)31/h6-7,12-16,26,32,44,46,48,54-55H,1-5,8-11,17H2,(H2,41,45)(H,42,50)(H,43,53)(H,51,52)/t26-,32-,38-/m0/s1. The maximum atomic E-state index is 14.5. The van der Waals surface area contributed by atoms with Crippen LogP contribution >= 0.6 is 0 Å². The van der Waals surface area contributed by atoms with Crippen LogP contribution in [0.2, 0.25) is 0 Å². The fraction of sp³-hybridized carbons (Fsp3) is 0.342. The van der Waals surface area contributed by atoms with Crippen molar-refractivity contribution in [3.63, 3.8) is 0 Å². The first kappa shape index (κ1) is 38.8. The Balaban J connectivity index is 0.898. The lowest BCUT2D eigenvalue weighted by Gasteiger charge is -2.51. The van der Waals surface area contributed by atoms with E-state index in [1.165, 1.54) is 17.0 Å². The normalized spacial score (nSPS) is 20.7. The summed E-state index contributed by atoms with van der Waals surface area (Å²) >= 11 is 0. The van der Waals surface area contributed by atoms with Gasteiger partial charge in [0.15, 0.2) is 29.0 Å². The van der Waals surface area contributed by atoms with Crippen LogP contribution in [0.4, 0.5) is 13.6 Å². The van der Waals surface area contributed by atoms with Gasteiger partial charge in [0.1, 0.15) is 18.0 Å². The van der Waals surface area contributed by atoms with Crippen LogP contribution in [-0.2, 0) is 4.74 Å². The minimum Gasteiger partial charge on any atom is -0.505 e. The molecule has 10 N–H and O–H groups in total. The molecule has 0 aromatic heterocycles. The molecule has 2 aromatic carbocycles. The predicted octanol–water partition coefficient (Wildman–Crippen LogP) is 2.29. The molecule has 4 heterocycles. The van der Waals surface area contributed by atoms with E-state index < -0.39 is 64.3 Å². The summed E-state index contributed by atoms with van der Waals surface area (Å²) in [6.07, 6.45) is 1.86. The third kappa shape index (κ3) is 6.99. The van der Waals surface area contributed by atoms with Crippen LogP contribution in [0.3, 0.4) is 0 Å². The van der Waals surface area contributed by atoms with E-state index in [1.807, 2.05) is 0 Å². The molecule has 0 unspecified atom stereocenters. The summed E-state index contributed by atoms with van der Waals surface area (Å²) in [5, 5.41) is 64.4. The molecule has 1 aliphatic carbocycles. The molecule has 0 saturated carbocycles. The number of aromatic carboxylic acids is 1. The molecule has 2 aromatic rings. The number of aliphatic hydroxyl groups is 2. The molecule has 7 rings (SSSR count). The predicted molar refractivity (Wildman–Crippen MR) is 198 cm³/mol. The summed E-state index contributed by atoms with van der Waals surface area (Å²) in [7, 11) is 0. The number of phenols is 1. The van der Waals surface area contributed by atoms with E-state index in [1.54, 1.807) is 0 Å². The SMILES string of the molecule is C=C1N[C@H]2[C@H](COC(=O)NCCCCCCNC(=O)c3ccc(-c4c5cc(F)c(=O)cc-5oc5cc(O)c(F)cc45)c(C(=O)O)c3)NC(=N)N3CCC(O)(O)[C@]23N1. The fourth-order valence-electron chi connectivity index (χ4n) is 7.81. The zero-order chi connectivity index (χ0) is 40.8. The van der Waals surface area contributed by atoms with Gasteiger partial charge >= 0.3 is 12.1 Å². The van der Waals surface area contributed by atoms with Gasteiger partial charge in [-0.15, -0.1) is 0 Å². The Labute approximate surface area is 322 Å². The first-order valence-electron chi connectivity index (χ1n) is 18.1. The number of benzene rings is 3. The van der Waals surface area contributed by atoms with E-state index in [-0.39, 0.29) is 76.6 Å². The first-order chi connectivity index (χ1) is 27.1. The molecule has 3 fully saturated rings. The van der Waals surface area contributed by atoms with Gasteiger partial charge in [0, 0.05) is 60.3 Å². The summed E-state index contributed by atoms with van der Waals surface area (Å²) < 4.78 is 40.1. The Kier molecular flexibility index (Phi) is 10.1. The number of carboxylic acids is 1. The number of guanidine groups is 1. The molecular formula is C38H39F2N7O10. The lowest BCUT2D eigenvalue weighted by atomic mass is 9.86. The van der Waals surface area contributed by atoms with E-state index in [4.69, 9.17) is 14.6 Å². The molecular weight excluding hydrogens is 752 g/mol. The molecule has 1 spiro atoms. The summed E-state index contributed by atoms with van der Waals surface area (Å²) in [6, 6.07) is 6.06. The number of amides is 2. The zero-order valence-corrected chi connectivity index (χ0v) is 30.2. The largest absolute Gasteiger partial charge is 0.505 e. The van der Waals surface area contributed by atoms with Crippen LogP contribution in [0.1, 0.15) is 52.8 Å². The van der Waals surface area contributed by atoms with Crippen molar-refractivity contribution >= 4 is 34.9 Å². The smallest absolute Gasteiger partial charge is 0.407 e. The van der Waals surface area contributed by atoms with Gasteiger partial charge in [0.2, 0.25) is 11.2 Å². The molecule has 0 bridgehead atoms. The number of carboxylic acid groups (broad SMARTS) is 1. The van der Waals surface area contributed by atoms with E-state index in [9.17, 15) is 48.4 Å². The van der Waals surface area contributed by atoms with Gasteiger partial charge in [0.05, 0.1) is 23.5 Å². The quantitative estimate of drug-likeness (QED) is 0.0561. The van der Waals surface area contributed by atoms with Crippen molar-refractivity contribution in [1.82, 2.24) is 31.5 Å². The molecule has 19 heteroatoms. The minimum atomic E-state index is -2.17. The molecule has 3 atom stereocenters. The highest BCUT2D eigenvalue weighted by Gasteiger charge is 2.70. The van der Waals surface area contributed by atoms with Crippen LogP contribution in [0.5, 0.6) is 5.75 Å². The van der Waals surface area contributed by atoms with Crippen LogP contribution in [0.15, 0.2) is 64.1 Å². The van der Waals surface area contributed by atoms with Gasteiger partial charge in [-0.1, -0.05) is 25.5 Å². The Morgan fingerprint density at radius 1 is 1.00 bits per heavy atom. The molecule has 4 aliphatic heterocycles. The number of halogens is 2. The maximum absolute atomic E-state index is 14.5. The molecule has 57 heavy (non-hydrogen) atoms. The Hall–Kier alpha value is -6.47. The number of ether oxygens (including phenoxy) is 1. The third-order valence-corrected chi connectivity index (χ3v) is 10.5. The van der Waals surface area contributed by atoms with Crippen molar-refractivity contribution in [3.05, 3.63) is 87.8 Å². The number of carbonyl (C=O) groups excluding carboxylic acids is 2. The van der Waals surface area contributed by atoms with Crippen molar-refractivity contribution in [2.45, 2.75) is 55.6 Å². The number of nitrogens with zero attached hydrogens (tertiary/aromatic N) is 1. The molecule has 300 valence electrons. The average molecular weight is 792 g/mol. The summed E-state index contributed by atoms with van der Waals surface area (Å²) in [5.74, 6) is -6.95. The summed E-state index contributed by atoms with van der Waals surface area (Å²) in [6.45, 7) is 4.44. The number of fused-ring (bicyclic) bond motifs is 2. The lowest BCUT2D eigenvalue weighted by molar-refractivity contribution is -0.224. The summed E-state index contributed by atoms with van der Waals surface area (Å²) in [4.78, 5) is 51.5. The van der Waals surface area contributed by atoms with Gasteiger partial charge in [-0.05, 0) is 42.7 Å². The second-order valence-corrected chi connectivity index (χ2v) is 14.1. The van der Waals surface area contributed by atoms with E-state index in [2.05, 4.69) is 33.2 Å². The molecule has 2 amide bonds. The highest BCUT2D eigenvalue weighted by atomic mass is 19.1.